The number of hydrogen-bond donors (Lipinski definition) is 1. The SMILES string of the molecule is CCCOc1ccc([C@@H](CC(=O)[O-])NC(=O)c2ccc(C)c(C)c2)cc1. The van der Waals surface area contributed by atoms with Crippen LogP contribution in [-0.4, -0.2) is 18.5 Å². The Balaban J connectivity index is 2.17. The van der Waals surface area contributed by atoms with Gasteiger partial charge < -0.3 is 20.0 Å². The molecule has 0 fully saturated rings. The van der Waals surface area contributed by atoms with E-state index in [0.29, 0.717) is 23.5 Å². The average Bonchev–Trinajstić information content (AvgIpc) is 2.61. The monoisotopic (exact) mass is 354 g/mol. The molecule has 2 rings (SSSR count). The van der Waals surface area contributed by atoms with Crippen molar-refractivity contribution in [3.8, 4) is 5.75 Å². The van der Waals surface area contributed by atoms with Gasteiger partial charge in [0.05, 0.1) is 12.6 Å². The second-order valence-electron chi connectivity index (χ2n) is 6.32. The molecule has 0 unspecified atom stereocenters. The Morgan fingerprint density at radius 2 is 1.77 bits per heavy atom. The largest absolute Gasteiger partial charge is 0.550 e. The first-order valence-corrected chi connectivity index (χ1v) is 8.71. The summed E-state index contributed by atoms with van der Waals surface area (Å²) in [5, 5.41) is 13.9. The van der Waals surface area contributed by atoms with E-state index in [1.54, 1.807) is 36.4 Å². The third kappa shape index (κ3) is 5.34. The van der Waals surface area contributed by atoms with Crippen molar-refractivity contribution in [2.45, 2.75) is 39.7 Å². The average molecular weight is 354 g/mol. The smallest absolute Gasteiger partial charge is 0.251 e. The van der Waals surface area contributed by atoms with Crippen LogP contribution >= 0.6 is 0 Å². The van der Waals surface area contributed by atoms with Gasteiger partial charge >= 0.3 is 0 Å². The molecule has 2 aromatic carbocycles. The van der Waals surface area contributed by atoms with Crippen molar-refractivity contribution >= 4 is 11.9 Å². The van der Waals surface area contributed by atoms with Crippen molar-refractivity contribution in [2.24, 2.45) is 0 Å². The zero-order valence-electron chi connectivity index (χ0n) is 15.4. The standard InChI is InChI=1S/C21H25NO4/c1-4-11-26-18-9-7-16(8-10-18)19(13-20(23)24)22-21(25)17-6-5-14(2)15(3)12-17/h5-10,12,19H,4,11,13H2,1-3H3,(H,22,25)(H,23,24)/p-1/t19-/m1/s1. The predicted octanol–water partition coefficient (Wildman–Crippen LogP) is 2.70. The molecule has 1 N–H and O–H groups in total. The highest BCUT2D eigenvalue weighted by molar-refractivity contribution is 5.95. The van der Waals surface area contributed by atoms with E-state index in [1.165, 1.54) is 0 Å². The Morgan fingerprint density at radius 3 is 2.35 bits per heavy atom. The van der Waals surface area contributed by atoms with Crippen LogP contribution in [0.5, 0.6) is 5.75 Å². The van der Waals surface area contributed by atoms with Crippen LogP contribution in [-0.2, 0) is 4.79 Å². The van der Waals surface area contributed by atoms with Gasteiger partial charge in [0.25, 0.3) is 5.91 Å². The summed E-state index contributed by atoms with van der Waals surface area (Å²) in [6, 6.07) is 11.8. The highest BCUT2D eigenvalue weighted by Gasteiger charge is 2.17. The molecule has 0 spiro atoms. The first-order chi connectivity index (χ1) is 12.4. The van der Waals surface area contributed by atoms with Gasteiger partial charge in [0.15, 0.2) is 0 Å². The molecule has 0 radical (unpaired) electrons. The van der Waals surface area contributed by atoms with Gasteiger partial charge in [0, 0.05) is 18.0 Å². The van der Waals surface area contributed by atoms with Gasteiger partial charge in [0.2, 0.25) is 0 Å². The lowest BCUT2D eigenvalue weighted by molar-refractivity contribution is -0.306. The van der Waals surface area contributed by atoms with Crippen molar-refractivity contribution in [3.63, 3.8) is 0 Å². The molecule has 0 aliphatic carbocycles. The Kier molecular flexibility index (Phi) is 6.78. The summed E-state index contributed by atoms with van der Waals surface area (Å²) >= 11 is 0. The van der Waals surface area contributed by atoms with Gasteiger partial charge in [0.1, 0.15) is 5.75 Å². The minimum atomic E-state index is -1.22. The summed E-state index contributed by atoms with van der Waals surface area (Å²) in [4.78, 5) is 23.7. The van der Waals surface area contributed by atoms with E-state index < -0.39 is 12.0 Å². The molecular formula is C21H24NO4-. The topological polar surface area (TPSA) is 78.5 Å². The van der Waals surface area contributed by atoms with Crippen molar-refractivity contribution < 1.29 is 19.4 Å². The molecular weight excluding hydrogens is 330 g/mol. The van der Waals surface area contributed by atoms with E-state index in [9.17, 15) is 14.7 Å². The number of nitrogens with one attached hydrogen (secondary N) is 1. The van der Waals surface area contributed by atoms with Crippen molar-refractivity contribution in [1.29, 1.82) is 0 Å². The number of carboxylic acids is 1. The maximum absolute atomic E-state index is 12.5. The third-order valence-corrected chi connectivity index (χ3v) is 4.20. The minimum Gasteiger partial charge on any atom is -0.550 e. The molecule has 0 heterocycles. The van der Waals surface area contributed by atoms with Crippen LogP contribution in [0.1, 0.15) is 52.9 Å². The van der Waals surface area contributed by atoms with Crippen LogP contribution < -0.4 is 15.2 Å². The highest BCUT2D eigenvalue weighted by Crippen LogP contribution is 2.21. The van der Waals surface area contributed by atoms with E-state index >= 15 is 0 Å². The molecule has 26 heavy (non-hydrogen) atoms. The van der Waals surface area contributed by atoms with Crippen molar-refractivity contribution in [3.05, 3.63) is 64.7 Å². The zero-order valence-corrected chi connectivity index (χ0v) is 15.4. The summed E-state index contributed by atoms with van der Waals surface area (Å²) in [5.74, 6) is -0.823. The normalized spacial score (nSPS) is 11.7. The molecule has 0 saturated heterocycles. The fraction of sp³-hybridized carbons (Fsp3) is 0.333. The molecule has 0 aliphatic rings. The molecule has 138 valence electrons. The van der Waals surface area contributed by atoms with Crippen LogP contribution in [0, 0.1) is 13.8 Å². The Bertz CT molecular complexity index is 768. The highest BCUT2D eigenvalue weighted by atomic mass is 16.5. The molecule has 0 bridgehead atoms. The number of carbonyl (C=O) groups excluding carboxylic acids is 2. The zero-order chi connectivity index (χ0) is 19.1. The second-order valence-corrected chi connectivity index (χ2v) is 6.32. The second kappa shape index (κ2) is 9.04. The number of benzene rings is 2. The maximum Gasteiger partial charge on any atom is 0.251 e. The molecule has 5 heteroatoms. The number of ether oxygens (including phenoxy) is 1. The molecule has 0 saturated carbocycles. The lowest BCUT2D eigenvalue weighted by atomic mass is 10.0. The van der Waals surface area contributed by atoms with E-state index in [-0.39, 0.29) is 12.3 Å². The number of rotatable bonds is 8. The van der Waals surface area contributed by atoms with Gasteiger partial charge in [-0.15, -0.1) is 0 Å². The molecule has 0 aromatic heterocycles. The fourth-order valence-corrected chi connectivity index (χ4v) is 2.56. The Labute approximate surface area is 154 Å². The number of carbonyl (C=O) groups is 2. The van der Waals surface area contributed by atoms with Crippen LogP contribution in [0.4, 0.5) is 0 Å². The lowest BCUT2D eigenvalue weighted by Crippen LogP contribution is -2.34. The van der Waals surface area contributed by atoms with Crippen LogP contribution in [0.3, 0.4) is 0 Å². The first kappa shape index (κ1) is 19.5. The van der Waals surface area contributed by atoms with E-state index in [2.05, 4.69) is 5.32 Å². The number of hydrogen-bond acceptors (Lipinski definition) is 4. The lowest BCUT2D eigenvalue weighted by Gasteiger charge is -2.20. The third-order valence-electron chi connectivity index (χ3n) is 4.20. The van der Waals surface area contributed by atoms with Gasteiger partial charge in [-0.2, -0.15) is 0 Å². The maximum atomic E-state index is 12.5. The number of amides is 1. The van der Waals surface area contributed by atoms with Gasteiger partial charge in [-0.25, -0.2) is 0 Å². The number of aliphatic carboxylic acids is 1. The number of aryl methyl sites for hydroxylation is 2. The van der Waals surface area contributed by atoms with Crippen LogP contribution in [0.2, 0.25) is 0 Å². The van der Waals surface area contributed by atoms with Gasteiger partial charge in [-0.05, 0) is 61.2 Å². The molecule has 1 atom stereocenters. The number of carboxylic acid groups (broad SMARTS) is 1. The quantitative estimate of drug-likeness (QED) is 0.790. The van der Waals surface area contributed by atoms with E-state index in [0.717, 1.165) is 17.5 Å². The summed E-state index contributed by atoms with van der Waals surface area (Å²) in [7, 11) is 0. The van der Waals surface area contributed by atoms with Crippen molar-refractivity contribution in [1.82, 2.24) is 5.32 Å². The van der Waals surface area contributed by atoms with Gasteiger partial charge in [-0.1, -0.05) is 25.1 Å². The van der Waals surface area contributed by atoms with Gasteiger partial charge in [-0.3, -0.25) is 4.79 Å². The Morgan fingerprint density at radius 1 is 1.08 bits per heavy atom. The molecule has 5 nitrogen and oxygen atoms in total. The van der Waals surface area contributed by atoms with Crippen LogP contribution in [0.25, 0.3) is 0 Å². The first-order valence-electron chi connectivity index (χ1n) is 8.71. The summed E-state index contributed by atoms with van der Waals surface area (Å²) in [6.45, 7) is 6.54. The molecule has 2 aromatic rings. The Hall–Kier alpha value is -2.82. The molecule has 1 amide bonds. The summed E-state index contributed by atoms with van der Waals surface area (Å²) in [5.41, 5.74) is 3.29. The molecule has 0 aliphatic heterocycles. The van der Waals surface area contributed by atoms with E-state index in [1.807, 2.05) is 26.8 Å². The summed E-state index contributed by atoms with van der Waals surface area (Å²) in [6.07, 6.45) is 0.604. The predicted molar refractivity (Wildman–Crippen MR) is 98.0 cm³/mol. The van der Waals surface area contributed by atoms with Crippen molar-refractivity contribution in [2.75, 3.05) is 6.61 Å². The fourth-order valence-electron chi connectivity index (χ4n) is 2.56. The van der Waals surface area contributed by atoms with Crippen LogP contribution in [0.15, 0.2) is 42.5 Å². The van der Waals surface area contributed by atoms with E-state index in [4.69, 9.17) is 4.74 Å². The minimum absolute atomic E-state index is 0.300. The summed E-state index contributed by atoms with van der Waals surface area (Å²) < 4.78 is 5.53.